The molecule has 2 aliphatic rings. The van der Waals surface area contributed by atoms with Crippen LogP contribution in [0.15, 0.2) is 30.3 Å². The number of nitrogens with one attached hydrogen (secondary N) is 2. The smallest absolute Gasteiger partial charge is 0.315 e. The molecule has 0 saturated carbocycles. The molecule has 3 N–H and O–H groups in total. The van der Waals surface area contributed by atoms with E-state index in [0.717, 1.165) is 39.0 Å². The number of aromatic nitrogens is 4. The zero-order chi connectivity index (χ0) is 22.7. The van der Waals surface area contributed by atoms with Crippen molar-refractivity contribution in [2.45, 2.75) is 26.4 Å². The molecule has 1 fully saturated rings. The fourth-order valence-electron chi connectivity index (χ4n) is 4.53. The molecule has 0 radical (unpaired) electrons. The van der Waals surface area contributed by atoms with E-state index >= 15 is 0 Å². The second kappa shape index (κ2) is 7.61. The Morgan fingerprint density at radius 1 is 1.21 bits per heavy atom. The van der Waals surface area contributed by atoms with E-state index in [2.05, 4.69) is 21.6 Å². The molecule has 176 valence electrons. The van der Waals surface area contributed by atoms with E-state index in [1.54, 1.807) is 9.80 Å². The second-order valence-corrected chi connectivity index (χ2v) is 8.49. The van der Waals surface area contributed by atoms with Gasteiger partial charge in [-0.1, -0.05) is 13.0 Å². The second-order valence-electron chi connectivity index (χ2n) is 8.49. The van der Waals surface area contributed by atoms with Crippen LogP contribution in [0.3, 0.4) is 0 Å². The average Bonchev–Trinajstić information content (AvgIpc) is 3.46. The van der Waals surface area contributed by atoms with Gasteiger partial charge in [0.1, 0.15) is 5.69 Å². The van der Waals surface area contributed by atoms with Crippen molar-refractivity contribution in [2.75, 3.05) is 13.1 Å². The summed E-state index contributed by atoms with van der Waals surface area (Å²) < 4.78 is 14.0. The Labute approximate surface area is 189 Å². The first-order chi connectivity index (χ1) is 16.0. The van der Waals surface area contributed by atoms with Crippen LogP contribution in [-0.4, -0.2) is 54.2 Å². The number of phenols is 1. The third-order valence-corrected chi connectivity index (χ3v) is 6.45. The van der Waals surface area contributed by atoms with Crippen molar-refractivity contribution >= 4 is 16.9 Å². The fraction of sp³-hybridized carbons (Fsp3) is 0.250. The number of phenolic OH excluding ortho intramolecular Hbond substituents is 1. The number of urea groups is 1. The number of fused-ring (bicyclic) bond motifs is 2. The van der Waals surface area contributed by atoms with Crippen LogP contribution in [0.2, 0.25) is 0 Å². The Hall–Kier alpha value is -4.88. The van der Waals surface area contributed by atoms with Crippen molar-refractivity contribution in [3.63, 3.8) is 0 Å². The Morgan fingerprint density at radius 2 is 2.03 bits per heavy atom. The maximum Gasteiger partial charge on any atom is 0.315 e. The number of aromatic hydroxyl groups is 1. The molecule has 0 atom stereocenters. The van der Waals surface area contributed by atoms with E-state index in [1.807, 2.05) is 25.1 Å². The maximum absolute atomic E-state index is 14.0. The monoisotopic (exact) mass is 688 g/mol. The Morgan fingerprint density at radius 3 is 2.74 bits per heavy atom. The van der Waals surface area contributed by atoms with Gasteiger partial charge in [-0.3, -0.25) is 11.5 Å². The largest absolute Gasteiger partial charge is 0.505 e. The van der Waals surface area contributed by atoms with Gasteiger partial charge in [0.25, 0.3) is 0 Å². The number of aryl methyl sites for hydroxylation is 1. The molecule has 6 rings (SSSR count). The molecule has 0 aliphatic carbocycles. The normalized spacial score (nSPS) is 14.8. The van der Waals surface area contributed by atoms with Gasteiger partial charge < -0.3 is 19.9 Å². The number of likely N-dealkylation sites (tertiary alicyclic amines) is 1. The van der Waals surface area contributed by atoms with Crippen molar-refractivity contribution in [1.29, 1.82) is 0 Å². The van der Waals surface area contributed by atoms with Crippen LogP contribution in [0.4, 0.5) is 9.18 Å². The molecule has 0 spiro atoms. The van der Waals surface area contributed by atoms with Gasteiger partial charge in [0.15, 0.2) is 17.4 Å². The average molecular weight is 692 g/mol. The van der Waals surface area contributed by atoms with Gasteiger partial charge in [-0.2, -0.15) is 5.10 Å². The summed E-state index contributed by atoms with van der Waals surface area (Å²) in [7, 11) is 0. The minimum atomic E-state index is -0.641. The summed E-state index contributed by atoms with van der Waals surface area (Å²) in [6, 6.07) is 8.68. The number of amides is 2. The number of imidazole rings is 1. The first kappa shape index (κ1) is 21.0. The number of hydrogen-bond acceptors (Lipinski definition) is 4. The fourth-order valence-corrected chi connectivity index (χ4v) is 4.53. The summed E-state index contributed by atoms with van der Waals surface area (Å²) in [5.41, 5.74) is 5.76. The topological polar surface area (TPSA) is 101 Å². The van der Waals surface area contributed by atoms with Crippen LogP contribution in [0.5, 0.6) is 5.75 Å². The van der Waals surface area contributed by atoms with E-state index < -0.39 is 5.82 Å². The van der Waals surface area contributed by atoms with E-state index in [1.165, 1.54) is 12.1 Å². The predicted octanol–water partition coefficient (Wildman–Crippen LogP) is 3.98. The van der Waals surface area contributed by atoms with Crippen molar-refractivity contribution in [3.8, 4) is 28.4 Å². The van der Waals surface area contributed by atoms with Gasteiger partial charge in [0, 0.05) is 5.39 Å². The van der Waals surface area contributed by atoms with Crippen LogP contribution < -0.4 is 0 Å². The first-order valence-electron chi connectivity index (χ1n) is 11.0. The zero-order valence-electron chi connectivity index (χ0n) is 18.4. The Kier molecular flexibility index (Phi) is 4.70. The molecule has 2 aromatic carbocycles. The molecule has 34 heavy (non-hydrogen) atoms. The number of H-pyrrole nitrogens is 2. The molecule has 0 unspecified atom stereocenters. The first-order valence-corrected chi connectivity index (χ1v) is 11.0. The summed E-state index contributed by atoms with van der Waals surface area (Å²) in [6.45, 7) is 4.38. The summed E-state index contributed by atoms with van der Waals surface area (Å²) in [5, 5.41) is 18.1. The molecule has 0 bridgehead atoms. The van der Waals surface area contributed by atoms with Crippen molar-refractivity contribution in [1.82, 2.24) is 30.0 Å². The Bertz CT molecular complexity index is 1390. The molecule has 4 aromatic rings. The minimum absolute atomic E-state index is 0. The molecule has 8 nitrogen and oxygen atoms in total. The SMILES string of the molecule is CCc1cc(O)c(F)cc1-c1ccc2c(-c3nc4c([nH]3)CN(C(=O)N3C[CH-]C3)C4)n[nH]c2c1.[Cm]. The van der Waals surface area contributed by atoms with Crippen LogP contribution in [0.25, 0.3) is 33.5 Å². The zero-order valence-corrected chi connectivity index (χ0v) is 21.3. The number of aromatic amines is 2. The summed E-state index contributed by atoms with van der Waals surface area (Å²) in [4.78, 5) is 24.1. The van der Waals surface area contributed by atoms with E-state index in [4.69, 9.17) is 4.98 Å². The summed E-state index contributed by atoms with van der Waals surface area (Å²) in [6.07, 6.45) is 2.74. The quantitative estimate of drug-likeness (QED) is 0.283. The van der Waals surface area contributed by atoms with Gasteiger partial charge in [-0.05, 0) is 47.4 Å². The molecule has 2 amide bonds. The molecule has 2 aromatic heterocycles. The third kappa shape index (κ3) is 3.11. The predicted molar refractivity (Wildman–Crippen MR) is 121 cm³/mol. The molecular formula is C24H22CmFN6O2-. The van der Waals surface area contributed by atoms with Crippen LogP contribution >= 0.6 is 0 Å². The number of carbonyl (C=O) groups is 1. The molecule has 2 aliphatic heterocycles. The molecular weight excluding hydrogens is 670 g/mol. The van der Waals surface area contributed by atoms with E-state index in [9.17, 15) is 14.3 Å². The number of nitrogens with zero attached hydrogens (tertiary/aromatic N) is 4. The number of halogens is 1. The maximum atomic E-state index is 14.0. The minimum Gasteiger partial charge on any atom is -0.505 e. The van der Waals surface area contributed by atoms with E-state index in [-0.39, 0.29) is 11.8 Å². The van der Waals surface area contributed by atoms with Gasteiger partial charge in [-0.15, -0.1) is 13.1 Å². The summed E-state index contributed by atoms with van der Waals surface area (Å²) >= 11 is 0. The van der Waals surface area contributed by atoms with Gasteiger partial charge in [-0.25, -0.2) is 14.2 Å². The van der Waals surface area contributed by atoms with Crippen molar-refractivity contribution in [2.24, 2.45) is 0 Å². The van der Waals surface area contributed by atoms with Crippen LogP contribution in [0, 0.1) is 12.2 Å². The molecule has 1 saturated heterocycles. The van der Waals surface area contributed by atoms with Crippen LogP contribution in [-0.2, 0) is 19.5 Å². The van der Waals surface area contributed by atoms with Gasteiger partial charge >= 0.3 is 6.03 Å². The van der Waals surface area contributed by atoms with Crippen molar-refractivity contribution < 1.29 is 14.3 Å². The van der Waals surface area contributed by atoms with Crippen molar-refractivity contribution in [3.05, 3.63) is 59.5 Å². The number of carbonyl (C=O) groups excluding carboxylic acids is 1. The van der Waals surface area contributed by atoms with E-state index in [0.29, 0.717) is 44.1 Å². The van der Waals surface area contributed by atoms with Crippen LogP contribution in [0.1, 0.15) is 23.9 Å². The summed E-state index contributed by atoms with van der Waals surface area (Å²) in [5.74, 6) is -0.319. The number of rotatable bonds is 3. The van der Waals surface area contributed by atoms with Gasteiger partial charge in [0.05, 0.1) is 30.0 Å². The third-order valence-electron chi connectivity index (χ3n) is 6.45. The number of benzene rings is 2. The molecule has 4 heterocycles. The molecule has 10 heteroatoms. The Balaban J connectivity index is 0.00000241. The van der Waals surface area contributed by atoms with Gasteiger partial charge in [0.2, 0.25) is 0 Å². The number of hydrogen-bond donors (Lipinski definition) is 3. The standard InChI is InChI=1S/C24H22FN6O2.Cm/c1-2-13-9-21(32)17(25)10-16(13)14-4-5-15-18(8-14)28-29-22(15)23-26-19-11-31(12-20(19)27-23)24(33)30-6-3-7-30;/h3-5,8-10,32H,2,6-7,11-12H2,1H3,(H,26,27)(H,28,29);/q-1;.